The van der Waals surface area contributed by atoms with Crippen molar-refractivity contribution in [2.45, 2.75) is 31.8 Å². The van der Waals surface area contributed by atoms with Gasteiger partial charge in [-0.1, -0.05) is 41.7 Å². The van der Waals surface area contributed by atoms with Crippen LogP contribution < -0.4 is 11.1 Å². The first-order valence-electron chi connectivity index (χ1n) is 8.74. The minimum Gasteiger partial charge on any atom is -0.306 e. The van der Waals surface area contributed by atoms with Crippen LogP contribution in [0.25, 0.3) is 10.6 Å². The van der Waals surface area contributed by atoms with Gasteiger partial charge in [-0.25, -0.2) is 0 Å². The molecule has 8 heteroatoms. The Balaban J connectivity index is 1.57. The molecule has 1 aromatic carbocycles. The number of nitriles is 1. The lowest BCUT2D eigenvalue weighted by Crippen LogP contribution is -2.41. The minimum absolute atomic E-state index is 0.0397. The molecule has 1 fully saturated rings. The molecule has 2 unspecified atom stereocenters. The van der Waals surface area contributed by atoms with Crippen LogP contribution in [-0.4, -0.2) is 19.3 Å². The molecular weight excluding hydrogens is 362 g/mol. The van der Waals surface area contributed by atoms with Crippen LogP contribution in [0, 0.1) is 17.2 Å². The Kier molecular flexibility index (Phi) is 4.69. The lowest BCUT2D eigenvalue weighted by atomic mass is 10.1. The van der Waals surface area contributed by atoms with Gasteiger partial charge in [-0.05, 0) is 19.3 Å². The summed E-state index contributed by atoms with van der Waals surface area (Å²) in [7, 11) is 0. The Morgan fingerprint density at radius 2 is 1.93 bits per heavy atom. The summed E-state index contributed by atoms with van der Waals surface area (Å²) < 4.78 is 2.84. The van der Waals surface area contributed by atoms with E-state index in [0.29, 0.717) is 11.4 Å². The molecule has 4 rings (SSSR count). The summed E-state index contributed by atoms with van der Waals surface area (Å²) in [6.45, 7) is 0.213. The van der Waals surface area contributed by atoms with Crippen LogP contribution >= 0.6 is 11.3 Å². The highest BCUT2D eigenvalue weighted by Gasteiger charge is 2.27. The van der Waals surface area contributed by atoms with Gasteiger partial charge in [0.25, 0.3) is 0 Å². The zero-order chi connectivity index (χ0) is 18.8. The maximum atomic E-state index is 12.5. The molecule has 0 bridgehead atoms. The van der Waals surface area contributed by atoms with Gasteiger partial charge in [0.15, 0.2) is 0 Å². The quantitative estimate of drug-likeness (QED) is 0.649. The number of hydrogen-bond acceptors (Lipinski definition) is 6. The van der Waals surface area contributed by atoms with Crippen LogP contribution in [0.3, 0.4) is 0 Å². The van der Waals surface area contributed by atoms with Crippen molar-refractivity contribution in [3.8, 4) is 16.6 Å². The number of aromatic nitrogens is 4. The highest BCUT2D eigenvalue weighted by molar-refractivity contribution is 7.14. The summed E-state index contributed by atoms with van der Waals surface area (Å²) in [6, 6.07) is 11.9. The summed E-state index contributed by atoms with van der Waals surface area (Å²) in [5.41, 5.74) is -0.152. The second-order valence-electron chi connectivity index (χ2n) is 6.60. The van der Waals surface area contributed by atoms with Gasteiger partial charge in [-0.3, -0.25) is 9.59 Å². The normalized spacial score (nSPS) is 19.1. The van der Waals surface area contributed by atoms with Gasteiger partial charge in [0, 0.05) is 29.9 Å². The van der Waals surface area contributed by atoms with E-state index in [4.69, 9.17) is 5.26 Å². The summed E-state index contributed by atoms with van der Waals surface area (Å²) >= 11 is 1.40. The third kappa shape index (κ3) is 3.46. The summed E-state index contributed by atoms with van der Waals surface area (Å²) in [6.07, 6.45) is 5.40. The van der Waals surface area contributed by atoms with Crippen LogP contribution in [-0.2, 0) is 6.54 Å². The molecule has 3 aromatic rings. The second kappa shape index (κ2) is 7.29. The van der Waals surface area contributed by atoms with E-state index >= 15 is 0 Å². The average molecular weight is 379 g/mol. The highest BCUT2D eigenvalue weighted by Crippen LogP contribution is 2.32. The van der Waals surface area contributed by atoms with Gasteiger partial charge in [0.1, 0.15) is 10.0 Å². The van der Waals surface area contributed by atoms with Gasteiger partial charge in [0.2, 0.25) is 0 Å². The average Bonchev–Trinajstić information content (AvgIpc) is 3.36. The molecule has 0 aliphatic heterocycles. The fourth-order valence-corrected chi connectivity index (χ4v) is 4.27. The standard InChI is InChI=1S/C19H17N5O2S/c20-11-13-6-7-15(10-13)24-9-8-23(18(25)19(24)26)12-16-21-22-17(27-16)14-4-2-1-3-5-14/h1-5,8-9,13,15H,6-7,10,12H2. The van der Waals surface area contributed by atoms with Crippen molar-refractivity contribution in [3.63, 3.8) is 0 Å². The van der Waals surface area contributed by atoms with Gasteiger partial charge in [-0.2, -0.15) is 5.26 Å². The zero-order valence-electron chi connectivity index (χ0n) is 14.5. The molecule has 0 radical (unpaired) electrons. The molecule has 0 saturated heterocycles. The van der Waals surface area contributed by atoms with Crippen LogP contribution in [0.4, 0.5) is 0 Å². The summed E-state index contributed by atoms with van der Waals surface area (Å²) in [5, 5.41) is 18.8. The van der Waals surface area contributed by atoms with E-state index in [2.05, 4.69) is 16.3 Å². The molecule has 0 amide bonds. The highest BCUT2D eigenvalue weighted by atomic mass is 32.1. The van der Waals surface area contributed by atoms with Gasteiger partial charge < -0.3 is 9.13 Å². The molecule has 136 valence electrons. The van der Waals surface area contributed by atoms with Crippen LogP contribution in [0.5, 0.6) is 0 Å². The van der Waals surface area contributed by atoms with Crippen molar-refractivity contribution in [2.75, 3.05) is 0 Å². The lowest BCUT2D eigenvalue weighted by Gasteiger charge is -2.14. The number of nitrogens with zero attached hydrogens (tertiary/aromatic N) is 5. The van der Waals surface area contributed by atoms with E-state index in [1.54, 1.807) is 12.4 Å². The SMILES string of the molecule is N#CC1CCC(n2ccn(Cc3nnc(-c4ccccc4)s3)c(=O)c2=O)C1. The van der Waals surface area contributed by atoms with Crippen molar-refractivity contribution >= 4 is 11.3 Å². The van der Waals surface area contributed by atoms with Crippen LogP contribution in [0.15, 0.2) is 52.3 Å². The fourth-order valence-electron chi connectivity index (χ4n) is 3.42. The zero-order valence-corrected chi connectivity index (χ0v) is 15.3. The molecule has 0 N–H and O–H groups in total. The second-order valence-corrected chi connectivity index (χ2v) is 7.67. The lowest BCUT2D eigenvalue weighted by molar-refractivity contribution is 0.479. The molecule has 7 nitrogen and oxygen atoms in total. The first kappa shape index (κ1) is 17.4. The van der Waals surface area contributed by atoms with Crippen LogP contribution in [0.1, 0.15) is 30.3 Å². The smallest absolute Gasteiger partial charge is 0.306 e. The number of benzene rings is 1. The third-order valence-electron chi connectivity index (χ3n) is 4.86. The number of rotatable bonds is 4. The first-order chi connectivity index (χ1) is 13.2. The monoisotopic (exact) mass is 379 g/mol. The molecule has 1 aliphatic carbocycles. The summed E-state index contributed by atoms with van der Waals surface area (Å²) in [4.78, 5) is 25.0. The molecule has 0 spiro atoms. The topological polar surface area (TPSA) is 93.6 Å². The molecule has 1 aliphatic rings. The Labute approximate surface area is 159 Å². The molecule has 27 heavy (non-hydrogen) atoms. The van der Waals surface area contributed by atoms with E-state index in [1.165, 1.54) is 20.5 Å². The van der Waals surface area contributed by atoms with E-state index in [9.17, 15) is 9.59 Å². The van der Waals surface area contributed by atoms with Crippen molar-refractivity contribution < 1.29 is 0 Å². The third-order valence-corrected chi connectivity index (χ3v) is 5.82. The Morgan fingerprint density at radius 1 is 1.11 bits per heavy atom. The molecule has 2 atom stereocenters. The van der Waals surface area contributed by atoms with Gasteiger partial charge >= 0.3 is 11.1 Å². The van der Waals surface area contributed by atoms with Crippen molar-refractivity contribution in [2.24, 2.45) is 5.92 Å². The summed E-state index contributed by atoms with van der Waals surface area (Å²) in [5.74, 6) is -0.0397. The molecule has 1 saturated carbocycles. The van der Waals surface area contributed by atoms with Gasteiger partial charge in [-0.15, -0.1) is 10.2 Å². The molecular formula is C19H17N5O2S. The minimum atomic E-state index is -0.575. The Hall–Kier alpha value is -3.05. The van der Waals surface area contributed by atoms with Crippen molar-refractivity contribution in [1.82, 2.24) is 19.3 Å². The maximum Gasteiger partial charge on any atom is 0.316 e. The van der Waals surface area contributed by atoms with E-state index < -0.39 is 11.1 Å². The van der Waals surface area contributed by atoms with E-state index in [1.807, 2.05) is 30.3 Å². The van der Waals surface area contributed by atoms with Crippen molar-refractivity contribution in [3.05, 3.63) is 68.4 Å². The van der Waals surface area contributed by atoms with Gasteiger partial charge in [0.05, 0.1) is 12.6 Å². The predicted octanol–water partition coefficient (Wildman–Crippen LogP) is 2.44. The van der Waals surface area contributed by atoms with Crippen LogP contribution in [0.2, 0.25) is 0 Å². The first-order valence-corrected chi connectivity index (χ1v) is 9.56. The van der Waals surface area contributed by atoms with E-state index in [0.717, 1.165) is 23.4 Å². The Bertz CT molecular complexity index is 1110. The number of hydrogen-bond donors (Lipinski definition) is 0. The maximum absolute atomic E-state index is 12.5. The molecule has 2 aromatic heterocycles. The predicted molar refractivity (Wildman–Crippen MR) is 101 cm³/mol. The Morgan fingerprint density at radius 3 is 2.67 bits per heavy atom. The molecule has 2 heterocycles. The fraction of sp³-hybridized carbons (Fsp3) is 0.316. The largest absolute Gasteiger partial charge is 0.316 e. The van der Waals surface area contributed by atoms with E-state index in [-0.39, 0.29) is 18.5 Å². The van der Waals surface area contributed by atoms with Crippen molar-refractivity contribution in [1.29, 1.82) is 5.26 Å².